The number of hydrogen-bond donors (Lipinski definition) is 1. The number of unbranched alkanes of at least 4 members (excludes halogenated alkanes) is 2. The van der Waals surface area contributed by atoms with Gasteiger partial charge in [0, 0.05) is 55.9 Å². The first kappa shape index (κ1) is 25.5. The third-order valence-corrected chi connectivity index (χ3v) is 7.30. The van der Waals surface area contributed by atoms with Gasteiger partial charge in [0.1, 0.15) is 5.75 Å². The Morgan fingerprint density at radius 2 is 1.83 bits per heavy atom. The SMILES string of the molecule is COc1cc(NC(=O)CCCCCN2CCN(c3ccc(Cl)c(Cl)c3)CC2)c2nccc(C)c2c1. The number of nitrogens with one attached hydrogen (secondary N) is 1. The van der Waals surface area contributed by atoms with Gasteiger partial charge in [-0.3, -0.25) is 14.7 Å². The molecule has 1 saturated heterocycles. The number of benzene rings is 2. The fourth-order valence-electron chi connectivity index (χ4n) is 4.50. The molecule has 0 atom stereocenters. The van der Waals surface area contributed by atoms with Gasteiger partial charge in [0.25, 0.3) is 0 Å². The van der Waals surface area contributed by atoms with Gasteiger partial charge in [0.2, 0.25) is 5.91 Å². The molecule has 4 rings (SSSR count). The Bertz CT molecular complexity index is 1180. The van der Waals surface area contributed by atoms with Crippen molar-refractivity contribution < 1.29 is 9.53 Å². The number of amides is 1. The molecule has 35 heavy (non-hydrogen) atoms. The average molecular weight is 515 g/mol. The van der Waals surface area contributed by atoms with Crippen molar-refractivity contribution in [3.05, 3.63) is 58.2 Å². The molecule has 0 unspecified atom stereocenters. The highest BCUT2D eigenvalue weighted by molar-refractivity contribution is 6.42. The van der Waals surface area contributed by atoms with Crippen LogP contribution in [-0.2, 0) is 4.79 Å². The van der Waals surface area contributed by atoms with Gasteiger partial charge in [-0.05, 0) is 62.2 Å². The molecule has 3 aromatic rings. The summed E-state index contributed by atoms with van der Waals surface area (Å²) >= 11 is 12.2. The second-order valence-electron chi connectivity index (χ2n) is 8.98. The molecule has 0 saturated carbocycles. The van der Waals surface area contributed by atoms with Gasteiger partial charge in [-0.15, -0.1) is 0 Å². The van der Waals surface area contributed by atoms with E-state index in [1.54, 1.807) is 13.3 Å². The molecule has 2 heterocycles. The number of hydrogen-bond acceptors (Lipinski definition) is 5. The third kappa shape index (κ3) is 6.57. The topological polar surface area (TPSA) is 57.7 Å². The van der Waals surface area contributed by atoms with Gasteiger partial charge in [-0.1, -0.05) is 29.6 Å². The molecule has 8 heteroatoms. The summed E-state index contributed by atoms with van der Waals surface area (Å²) in [4.78, 5) is 21.9. The first-order valence-corrected chi connectivity index (χ1v) is 12.9. The maximum Gasteiger partial charge on any atom is 0.224 e. The van der Waals surface area contributed by atoms with Gasteiger partial charge in [0.05, 0.1) is 28.4 Å². The number of carbonyl (C=O) groups is 1. The lowest BCUT2D eigenvalue weighted by atomic mass is 10.1. The Balaban J connectivity index is 1.18. The molecule has 0 radical (unpaired) electrons. The number of ether oxygens (including phenoxy) is 1. The molecule has 1 aromatic heterocycles. The van der Waals surface area contributed by atoms with Gasteiger partial charge < -0.3 is 15.0 Å². The summed E-state index contributed by atoms with van der Waals surface area (Å²) in [7, 11) is 1.63. The van der Waals surface area contributed by atoms with E-state index in [0.29, 0.717) is 27.9 Å². The van der Waals surface area contributed by atoms with Crippen LogP contribution in [0.25, 0.3) is 10.9 Å². The highest BCUT2D eigenvalue weighted by Crippen LogP contribution is 2.30. The van der Waals surface area contributed by atoms with E-state index in [0.717, 1.165) is 74.1 Å². The van der Waals surface area contributed by atoms with Crippen molar-refractivity contribution in [1.29, 1.82) is 0 Å². The van der Waals surface area contributed by atoms with Gasteiger partial charge in [-0.2, -0.15) is 0 Å². The molecule has 1 aliphatic heterocycles. The fraction of sp³-hybridized carbons (Fsp3) is 0.407. The van der Waals surface area contributed by atoms with E-state index in [2.05, 4.69) is 20.1 Å². The lowest BCUT2D eigenvalue weighted by Gasteiger charge is -2.36. The minimum atomic E-state index is 0.0121. The molecule has 1 N–H and O–H groups in total. The lowest BCUT2D eigenvalue weighted by Crippen LogP contribution is -2.46. The number of methoxy groups -OCH3 is 1. The number of anilines is 2. The van der Waals surface area contributed by atoms with E-state index in [1.807, 2.05) is 43.3 Å². The minimum absolute atomic E-state index is 0.0121. The van der Waals surface area contributed by atoms with Crippen LogP contribution in [-0.4, -0.2) is 55.6 Å². The zero-order valence-corrected chi connectivity index (χ0v) is 21.8. The van der Waals surface area contributed by atoms with Crippen LogP contribution in [0.3, 0.4) is 0 Å². The minimum Gasteiger partial charge on any atom is -0.497 e. The standard InChI is InChI=1S/C27H32Cl2N4O2/c1-19-9-10-30-27-22(19)17-21(35-2)18-25(27)31-26(34)6-4-3-5-11-32-12-14-33(15-13-32)20-7-8-23(28)24(29)16-20/h7-10,16-18H,3-6,11-15H2,1-2H3,(H,31,34). The first-order valence-electron chi connectivity index (χ1n) is 12.1. The Labute approximate surface area is 217 Å². The first-order chi connectivity index (χ1) is 16.9. The Kier molecular flexibility index (Phi) is 8.71. The normalized spacial score (nSPS) is 14.3. The number of pyridine rings is 1. The number of halogens is 2. The summed E-state index contributed by atoms with van der Waals surface area (Å²) in [5.74, 6) is 0.723. The molecular formula is C27H32Cl2N4O2. The molecule has 6 nitrogen and oxygen atoms in total. The molecule has 2 aromatic carbocycles. The molecule has 186 valence electrons. The Morgan fingerprint density at radius 3 is 2.57 bits per heavy atom. The second-order valence-corrected chi connectivity index (χ2v) is 9.80. The predicted molar refractivity (Wildman–Crippen MR) is 145 cm³/mol. The molecule has 1 amide bonds. The maximum atomic E-state index is 12.6. The summed E-state index contributed by atoms with van der Waals surface area (Å²) in [6.45, 7) is 7.08. The van der Waals surface area contributed by atoms with E-state index < -0.39 is 0 Å². The van der Waals surface area contributed by atoms with E-state index in [-0.39, 0.29) is 5.91 Å². The van der Waals surface area contributed by atoms with E-state index in [1.165, 1.54) is 0 Å². The fourth-order valence-corrected chi connectivity index (χ4v) is 4.79. The summed E-state index contributed by atoms with van der Waals surface area (Å²) in [6, 6.07) is 11.6. The van der Waals surface area contributed by atoms with Crippen molar-refractivity contribution in [3.8, 4) is 5.75 Å². The third-order valence-electron chi connectivity index (χ3n) is 6.57. The number of fused-ring (bicyclic) bond motifs is 1. The zero-order valence-electron chi connectivity index (χ0n) is 20.3. The summed E-state index contributed by atoms with van der Waals surface area (Å²) < 4.78 is 5.41. The number of nitrogens with zero attached hydrogens (tertiary/aromatic N) is 3. The molecular weight excluding hydrogens is 483 g/mol. The van der Waals surface area contributed by atoms with Crippen molar-refractivity contribution in [2.45, 2.75) is 32.6 Å². The van der Waals surface area contributed by atoms with Crippen LogP contribution < -0.4 is 15.0 Å². The quantitative estimate of drug-likeness (QED) is 0.345. The lowest BCUT2D eigenvalue weighted by molar-refractivity contribution is -0.116. The van der Waals surface area contributed by atoms with Crippen LogP contribution in [0.15, 0.2) is 42.6 Å². The van der Waals surface area contributed by atoms with Gasteiger partial charge in [-0.25, -0.2) is 0 Å². The van der Waals surface area contributed by atoms with Crippen LogP contribution in [0.1, 0.15) is 31.2 Å². The molecule has 0 bridgehead atoms. The highest BCUT2D eigenvalue weighted by atomic mass is 35.5. The number of rotatable bonds is 9. The van der Waals surface area contributed by atoms with Gasteiger partial charge >= 0.3 is 0 Å². The molecule has 0 spiro atoms. The largest absolute Gasteiger partial charge is 0.497 e. The Hall–Kier alpha value is -2.54. The predicted octanol–water partition coefficient (Wildman–Crippen LogP) is 6.18. The number of aromatic nitrogens is 1. The second kappa shape index (κ2) is 11.9. The van der Waals surface area contributed by atoms with Crippen molar-refractivity contribution >= 4 is 51.4 Å². The summed E-state index contributed by atoms with van der Waals surface area (Å²) in [5.41, 5.74) is 3.72. The average Bonchev–Trinajstić information content (AvgIpc) is 2.86. The highest BCUT2D eigenvalue weighted by Gasteiger charge is 2.17. The van der Waals surface area contributed by atoms with Crippen molar-refractivity contribution in [2.24, 2.45) is 0 Å². The smallest absolute Gasteiger partial charge is 0.224 e. The monoisotopic (exact) mass is 514 g/mol. The van der Waals surface area contributed by atoms with Gasteiger partial charge in [0.15, 0.2) is 0 Å². The van der Waals surface area contributed by atoms with Crippen LogP contribution in [0.4, 0.5) is 11.4 Å². The molecule has 0 aliphatic carbocycles. The molecule has 1 fully saturated rings. The number of piperazine rings is 1. The van der Waals surface area contributed by atoms with E-state index in [9.17, 15) is 4.79 Å². The summed E-state index contributed by atoms with van der Waals surface area (Å²) in [6.07, 6.45) is 5.24. The van der Waals surface area contributed by atoms with Crippen LogP contribution in [0.5, 0.6) is 5.75 Å². The van der Waals surface area contributed by atoms with E-state index in [4.69, 9.17) is 27.9 Å². The number of carbonyl (C=O) groups excluding carboxylic acids is 1. The van der Waals surface area contributed by atoms with Crippen molar-refractivity contribution in [1.82, 2.24) is 9.88 Å². The zero-order chi connectivity index (χ0) is 24.8. The van der Waals surface area contributed by atoms with Crippen LogP contribution >= 0.6 is 23.2 Å². The Morgan fingerprint density at radius 1 is 1.03 bits per heavy atom. The van der Waals surface area contributed by atoms with Crippen LogP contribution in [0.2, 0.25) is 10.0 Å². The van der Waals surface area contributed by atoms with Crippen LogP contribution in [0, 0.1) is 6.92 Å². The molecule has 1 aliphatic rings. The number of aryl methyl sites for hydroxylation is 1. The van der Waals surface area contributed by atoms with Crippen molar-refractivity contribution in [2.75, 3.05) is 50.1 Å². The van der Waals surface area contributed by atoms with Crippen molar-refractivity contribution in [3.63, 3.8) is 0 Å². The van der Waals surface area contributed by atoms with E-state index >= 15 is 0 Å². The maximum absolute atomic E-state index is 12.6. The summed E-state index contributed by atoms with van der Waals surface area (Å²) in [5, 5.41) is 5.22.